The predicted molar refractivity (Wildman–Crippen MR) is 89.7 cm³/mol. The minimum Gasteiger partial charge on any atom is -0.508 e. The molecule has 0 bridgehead atoms. The molecule has 0 unspecified atom stereocenters. The van der Waals surface area contributed by atoms with Gasteiger partial charge in [-0.25, -0.2) is 0 Å². The number of carbonyl (C=O) groups excluding carboxylic acids is 1. The van der Waals surface area contributed by atoms with Crippen LogP contribution in [-0.2, 0) is 6.42 Å². The fourth-order valence-corrected chi connectivity index (χ4v) is 3.14. The molecule has 3 aromatic carbocycles. The maximum atomic E-state index is 12.8. The molecule has 0 aliphatic heterocycles. The smallest absolute Gasteiger partial charge is 0.190 e. The number of aromatic hydroxyl groups is 2. The predicted octanol–water partition coefficient (Wildman–Crippen LogP) is 4.07. The van der Waals surface area contributed by atoms with Crippen molar-refractivity contribution >= 4 is 22.6 Å². The monoisotopic (exact) mass is 302 g/mol. The van der Waals surface area contributed by atoms with Crippen LogP contribution in [0.3, 0.4) is 0 Å². The lowest BCUT2D eigenvalue weighted by molar-refractivity contribution is 0.104. The van der Waals surface area contributed by atoms with Crippen LogP contribution in [0.2, 0.25) is 0 Å². The Hall–Kier alpha value is -3.07. The van der Waals surface area contributed by atoms with Gasteiger partial charge in [-0.3, -0.25) is 4.79 Å². The summed E-state index contributed by atoms with van der Waals surface area (Å²) >= 11 is 0. The summed E-state index contributed by atoms with van der Waals surface area (Å²) in [5.41, 5.74) is 2.82. The Morgan fingerprint density at radius 2 is 1.78 bits per heavy atom. The maximum absolute atomic E-state index is 12.8. The summed E-state index contributed by atoms with van der Waals surface area (Å²) in [5.74, 6) is 0.0894. The second kappa shape index (κ2) is 4.99. The standard InChI is InChI=1S/C20H14O3/c21-16-7-8-18(22)14(11-16)10-15-9-13-6-5-12-3-1-2-4-17(12)19(13)20(15)23/h1-8,10-11,21-22H,9H2/b15-10+. The summed E-state index contributed by atoms with van der Waals surface area (Å²) in [6.07, 6.45) is 2.19. The highest BCUT2D eigenvalue weighted by atomic mass is 16.3. The lowest BCUT2D eigenvalue weighted by atomic mass is 10.0. The molecule has 3 heteroatoms. The van der Waals surface area contributed by atoms with E-state index in [4.69, 9.17) is 0 Å². The van der Waals surface area contributed by atoms with Crippen LogP contribution in [0.4, 0.5) is 0 Å². The average Bonchev–Trinajstić information content (AvgIpc) is 2.87. The minimum absolute atomic E-state index is 0.0143. The van der Waals surface area contributed by atoms with Crippen molar-refractivity contribution in [2.45, 2.75) is 6.42 Å². The van der Waals surface area contributed by atoms with Crippen LogP contribution < -0.4 is 0 Å². The number of hydrogen-bond acceptors (Lipinski definition) is 3. The number of phenols is 2. The van der Waals surface area contributed by atoms with Crippen molar-refractivity contribution in [3.8, 4) is 11.5 Å². The van der Waals surface area contributed by atoms with Gasteiger partial charge in [0.05, 0.1) is 0 Å². The average molecular weight is 302 g/mol. The van der Waals surface area contributed by atoms with Crippen molar-refractivity contribution in [1.82, 2.24) is 0 Å². The van der Waals surface area contributed by atoms with Crippen LogP contribution in [0, 0.1) is 0 Å². The first kappa shape index (κ1) is 13.6. The number of Topliss-reactive ketones (excluding diaryl/α,β-unsaturated/α-hetero) is 1. The first-order valence-corrected chi connectivity index (χ1v) is 7.41. The van der Waals surface area contributed by atoms with Gasteiger partial charge in [0.1, 0.15) is 11.5 Å². The number of hydrogen-bond donors (Lipinski definition) is 2. The Bertz CT molecular complexity index is 983. The van der Waals surface area contributed by atoms with E-state index in [0.717, 1.165) is 21.9 Å². The van der Waals surface area contributed by atoms with E-state index < -0.39 is 0 Å². The van der Waals surface area contributed by atoms with Crippen molar-refractivity contribution in [1.29, 1.82) is 0 Å². The van der Waals surface area contributed by atoms with Gasteiger partial charge < -0.3 is 10.2 Å². The lowest BCUT2D eigenvalue weighted by Crippen LogP contribution is -1.96. The van der Waals surface area contributed by atoms with Gasteiger partial charge in [-0.15, -0.1) is 0 Å². The Kier molecular flexibility index (Phi) is 2.95. The maximum Gasteiger partial charge on any atom is 0.190 e. The molecule has 23 heavy (non-hydrogen) atoms. The van der Waals surface area contributed by atoms with Crippen molar-refractivity contribution < 1.29 is 15.0 Å². The van der Waals surface area contributed by atoms with Crippen molar-refractivity contribution in [3.05, 3.63) is 76.9 Å². The van der Waals surface area contributed by atoms with Gasteiger partial charge in [-0.1, -0.05) is 36.4 Å². The number of ketones is 1. The molecule has 3 nitrogen and oxygen atoms in total. The first-order chi connectivity index (χ1) is 11.1. The molecule has 0 atom stereocenters. The molecule has 0 amide bonds. The van der Waals surface area contributed by atoms with Gasteiger partial charge in [-0.05, 0) is 40.6 Å². The molecule has 0 fully saturated rings. The van der Waals surface area contributed by atoms with Crippen LogP contribution in [0.15, 0.2) is 60.2 Å². The quantitative estimate of drug-likeness (QED) is 0.526. The van der Waals surface area contributed by atoms with Crippen molar-refractivity contribution in [2.24, 2.45) is 0 Å². The Morgan fingerprint density at radius 3 is 2.65 bits per heavy atom. The molecule has 4 rings (SSSR count). The van der Waals surface area contributed by atoms with E-state index >= 15 is 0 Å². The van der Waals surface area contributed by atoms with E-state index in [1.807, 2.05) is 36.4 Å². The van der Waals surface area contributed by atoms with Crippen molar-refractivity contribution in [2.75, 3.05) is 0 Å². The number of fused-ring (bicyclic) bond motifs is 3. The summed E-state index contributed by atoms with van der Waals surface area (Å²) in [6.45, 7) is 0. The van der Waals surface area contributed by atoms with Gasteiger partial charge in [0.15, 0.2) is 5.78 Å². The summed E-state index contributed by atoms with van der Waals surface area (Å²) in [7, 11) is 0. The van der Waals surface area contributed by atoms with Crippen LogP contribution in [0.5, 0.6) is 11.5 Å². The summed E-state index contributed by atoms with van der Waals surface area (Å²) in [6, 6.07) is 16.1. The van der Waals surface area contributed by atoms with Crippen LogP contribution in [0.1, 0.15) is 21.5 Å². The molecule has 1 aliphatic carbocycles. The molecule has 0 radical (unpaired) electrons. The molecule has 112 valence electrons. The zero-order valence-electron chi connectivity index (χ0n) is 12.3. The molecule has 2 N–H and O–H groups in total. The molecule has 0 aromatic heterocycles. The second-order valence-electron chi connectivity index (χ2n) is 5.74. The number of carbonyl (C=O) groups is 1. The Morgan fingerprint density at radius 1 is 0.957 bits per heavy atom. The highest BCUT2D eigenvalue weighted by Crippen LogP contribution is 2.34. The SMILES string of the molecule is O=C1/C(=C/c2cc(O)ccc2O)Cc2ccc3ccccc3c21. The molecule has 3 aromatic rings. The highest BCUT2D eigenvalue weighted by molar-refractivity contribution is 6.22. The summed E-state index contributed by atoms with van der Waals surface area (Å²) < 4.78 is 0. The number of phenolic OH excluding ortho intramolecular Hbond substituents is 2. The molecule has 0 saturated heterocycles. The van der Waals surface area contributed by atoms with Gasteiger partial charge >= 0.3 is 0 Å². The molecular weight excluding hydrogens is 288 g/mol. The van der Waals surface area contributed by atoms with Crippen LogP contribution >= 0.6 is 0 Å². The lowest BCUT2D eigenvalue weighted by Gasteiger charge is -2.03. The third kappa shape index (κ3) is 2.18. The van der Waals surface area contributed by atoms with E-state index in [9.17, 15) is 15.0 Å². The van der Waals surface area contributed by atoms with E-state index in [1.54, 1.807) is 6.08 Å². The molecule has 0 heterocycles. The fraction of sp³-hybridized carbons (Fsp3) is 0.0500. The van der Waals surface area contributed by atoms with Gasteiger partial charge in [0.25, 0.3) is 0 Å². The number of rotatable bonds is 1. The largest absolute Gasteiger partial charge is 0.508 e. The summed E-state index contributed by atoms with van der Waals surface area (Å²) in [4.78, 5) is 12.8. The van der Waals surface area contributed by atoms with Crippen molar-refractivity contribution in [3.63, 3.8) is 0 Å². The zero-order chi connectivity index (χ0) is 16.0. The normalized spacial score (nSPS) is 15.3. The topological polar surface area (TPSA) is 57.5 Å². The highest BCUT2D eigenvalue weighted by Gasteiger charge is 2.26. The molecule has 1 aliphatic rings. The molecule has 0 saturated carbocycles. The second-order valence-corrected chi connectivity index (χ2v) is 5.74. The molecule has 0 spiro atoms. The number of benzene rings is 3. The summed E-state index contributed by atoms with van der Waals surface area (Å²) in [5, 5.41) is 21.5. The van der Waals surface area contributed by atoms with E-state index in [0.29, 0.717) is 17.6 Å². The van der Waals surface area contributed by atoms with E-state index in [1.165, 1.54) is 18.2 Å². The Labute approximate surface area is 133 Å². The first-order valence-electron chi connectivity index (χ1n) is 7.41. The third-order valence-corrected chi connectivity index (χ3v) is 4.26. The van der Waals surface area contributed by atoms with Crippen LogP contribution in [0.25, 0.3) is 16.8 Å². The van der Waals surface area contributed by atoms with Crippen LogP contribution in [-0.4, -0.2) is 16.0 Å². The minimum atomic E-state index is -0.0143. The van der Waals surface area contributed by atoms with Gasteiger partial charge in [0.2, 0.25) is 0 Å². The zero-order valence-corrected chi connectivity index (χ0v) is 12.3. The van der Waals surface area contributed by atoms with E-state index in [2.05, 4.69) is 0 Å². The third-order valence-electron chi connectivity index (χ3n) is 4.26. The number of allylic oxidation sites excluding steroid dienone is 1. The molecular formula is C20H14O3. The Balaban J connectivity index is 1.85. The van der Waals surface area contributed by atoms with E-state index in [-0.39, 0.29) is 17.3 Å². The van der Waals surface area contributed by atoms with Gasteiger partial charge in [-0.2, -0.15) is 0 Å². The van der Waals surface area contributed by atoms with Gasteiger partial charge in [0, 0.05) is 23.1 Å². The fourth-order valence-electron chi connectivity index (χ4n) is 3.14.